The van der Waals surface area contributed by atoms with Crippen LogP contribution in [0, 0.1) is 35.5 Å². The number of fused-ring (bicyclic) bond motifs is 2. The molecule has 2 aromatic heterocycles. The molecule has 276 valence electrons. The summed E-state index contributed by atoms with van der Waals surface area (Å²) in [6, 6.07) is 22.4. The fraction of sp³-hybridized carbons (Fsp3) is 0.409. The molecule has 4 aromatic rings. The third kappa shape index (κ3) is 8.89. The maximum Gasteiger partial charge on any atom is 0.189 e. The maximum atomic E-state index is 14.5. The summed E-state index contributed by atoms with van der Waals surface area (Å²) in [5.41, 5.74) is 8.46. The number of phenolic OH excluding ortho intramolecular Hbond substituents is 1. The molecule has 2 heterocycles. The number of Topliss-reactive ketones (excluding diaryl/α,β-unsaturated/α-hetero) is 1. The topological polar surface area (TPSA) is 120 Å². The molecule has 7 nitrogen and oxygen atoms in total. The average Bonchev–Trinajstić information content (AvgIpc) is 3.83. The standard InChI is InChI=1S/C44H50N4O3S2/c1-3-9-34-14-17-40(52-34)41-18-19-42(53-41)43(51)36-16-15-35(37-23-29-10-7-8-11-30(29)24-38(36)37)39(48-44(45)47-31-12-5-4-6-13-31)22-28-20-32(25-33(50)21-28)46-26-27(2)49/h7-8,10-11,14,17-21,23-25,27,31,35-39,46,49-50H,4-6,12-13,15-16,22,26H2,1-2H3,(H3,45,47,48)/t27-,35+,36-,37+,38-,39-/m0/s1. The number of carbonyl (C=O) groups is 1. The molecule has 0 saturated heterocycles. The highest BCUT2D eigenvalue weighted by Gasteiger charge is 2.44. The highest BCUT2D eigenvalue weighted by molar-refractivity contribution is 7.23. The molecule has 3 aliphatic carbocycles. The maximum absolute atomic E-state index is 14.5. The van der Waals surface area contributed by atoms with Crippen LogP contribution in [0.1, 0.15) is 78.9 Å². The summed E-state index contributed by atoms with van der Waals surface area (Å²) in [6.07, 6.45) is 12.2. The van der Waals surface area contributed by atoms with Gasteiger partial charge in [0.2, 0.25) is 0 Å². The van der Waals surface area contributed by atoms with Crippen LogP contribution in [-0.4, -0.2) is 46.7 Å². The van der Waals surface area contributed by atoms with Crippen molar-refractivity contribution in [3.63, 3.8) is 0 Å². The summed E-state index contributed by atoms with van der Waals surface area (Å²) in [5, 5.41) is 30.0. The van der Waals surface area contributed by atoms with Crippen LogP contribution in [0.4, 0.5) is 5.69 Å². The van der Waals surface area contributed by atoms with Crippen LogP contribution in [-0.2, 0) is 6.42 Å². The van der Waals surface area contributed by atoms with E-state index >= 15 is 0 Å². The first kappa shape index (κ1) is 37.0. The molecular formula is C44H50N4O3S2. The van der Waals surface area contributed by atoms with E-state index in [0.29, 0.717) is 18.9 Å². The van der Waals surface area contributed by atoms with Gasteiger partial charge in [0.25, 0.3) is 0 Å². The molecule has 7 rings (SSSR count). The lowest BCUT2D eigenvalue weighted by atomic mass is 9.61. The van der Waals surface area contributed by atoms with E-state index in [2.05, 4.69) is 77.1 Å². The van der Waals surface area contributed by atoms with E-state index < -0.39 is 6.10 Å². The molecule has 2 aromatic carbocycles. The number of hydrogen-bond donors (Lipinski definition) is 5. The molecule has 3 aliphatic rings. The number of anilines is 1. The van der Waals surface area contributed by atoms with Crippen LogP contribution in [0.25, 0.3) is 21.9 Å². The van der Waals surface area contributed by atoms with Gasteiger partial charge >= 0.3 is 0 Å². The number of aliphatic hydroxyl groups excluding tert-OH is 1. The summed E-state index contributed by atoms with van der Waals surface area (Å²) in [5.74, 6) is 7.08. The van der Waals surface area contributed by atoms with Gasteiger partial charge in [-0.25, -0.2) is 0 Å². The van der Waals surface area contributed by atoms with Gasteiger partial charge in [0.05, 0.1) is 21.9 Å². The molecule has 0 aliphatic heterocycles. The number of nitrogens with two attached hydrogens (primary N) is 1. The van der Waals surface area contributed by atoms with Crippen molar-refractivity contribution in [1.82, 2.24) is 5.32 Å². The first-order chi connectivity index (χ1) is 25.7. The van der Waals surface area contributed by atoms with Crippen molar-refractivity contribution in [3.05, 3.63) is 92.5 Å². The molecule has 0 amide bonds. The molecule has 6 atom stereocenters. The molecule has 2 fully saturated rings. The molecule has 0 unspecified atom stereocenters. The van der Waals surface area contributed by atoms with Crippen LogP contribution in [0.15, 0.2) is 71.7 Å². The largest absolute Gasteiger partial charge is 0.508 e. The minimum absolute atomic E-state index is 0.0168. The predicted octanol–water partition coefficient (Wildman–Crippen LogP) is 6.91. The van der Waals surface area contributed by atoms with E-state index in [9.17, 15) is 15.0 Å². The van der Waals surface area contributed by atoms with Crippen LogP contribution < -0.4 is 26.8 Å². The van der Waals surface area contributed by atoms with Crippen molar-refractivity contribution in [1.29, 1.82) is 0 Å². The second kappa shape index (κ2) is 16.8. The molecule has 0 spiro atoms. The van der Waals surface area contributed by atoms with Crippen molar-refractivity contribution < 1.29 is 15.0 Å². The van der Waals surface area contributed by atoms with E-state index in [-0.39, 0.29) is 47.3 Å². The number of hydrogen-bond acceptors (Lipinski definition) is 7. The van der Waals surface area contributed by atoms with E-state index in [1.807, 2.05) is 25.1 Å². The van der Waals surface area contributed by atoms with Gasteiger partial charge in [-0.15, -0.1) is 28.6 Å². The lowest BCUT2D eigenvalue weighted by Crippen LogP contribution is -2.52. The summed E-state index contributed by atoms with van der Waals surface area (Å²) >= 11 is 3.25. The molecule has 53 heavy (non-hydrogen) atoms. The smallest absolute Gasteiger partial charge is 0.189 e. The van der Waals surface area contributed by atoms with Gasteiger partial charge in [-0.05, 0) is 116 Å². The molecule has 0 bridgehead atoms. The predicted molar refractivity (Wildman–Crippen MR) is 220 cm³/mol. The minimum atomic E-state index is -0.522. The van der Waals surface area contributed by atoms with Gasteiger partial charge in [-0.2, -0.15) is 0 Å². The number of thiophene rings is 2. The fourth-order valence-electron chi connectivity index (χ4n) is 8.58. The number of aliphatic imine (C=N–C) groups is 1. The average molecular weight is 747 g/mol. The van der Waals surface area contributed by atoms with Crippen molar-refractivity contribution in [2.75, 3.05) is 11.9 Å². The van der Waals surface area contributed by atoms with Crippen molar-refractivity contribution in [2.24, 2.45) is 34.4 Å². The van der Waals surface area contributed by atoms with Crippen molar-refractivity contribution in [2.45, 2.75) is 83.4 Å². The minimum Gasteiger partial charge on any atom is -0.508 e. The lowest BCUT2D eigenvalue weighted by Gasteiger charge is -2.45. The Morgan fingerprint density at radius 3 is 2.43 bits per heavy atom. The second-order valence-electron chi connectivity index (χ2n) is 14.9. The van der Waals surface area contributed by atoms with Crippen molar-refractivity contribution >= 4 is 52.3 Å². The van der Waals surface area contributed by atoms with E-state index in [1.165, 1.54) is 29.7 Å². The zero-order valence-electron chi connectivity index (χ0n) is 30.6. The number of aromatic hydroxyl groups is 1. The van der Waals surface area contributed by atoms with Gasteiger partial charge < -0.3 is 26.6 Å². The van der Waals surface area contributed by atoms with Gasteiger partial charge in [-0.3, -0.25) is 9.79 Å². The number of benzene rings is 2. The number of nitrogens with zero attached hydrogens (tertiary/aromatic N) is 1. The van der Waals surface area contributed by atoms with E-state index in [0.717, 1.165) is 56.4 Å². The zero-order chi connectivity index (χ0) is 36.9. The van der Waals surface area contributed by atoms with Crippen LogP contribution >= 0.6 is 22.7 Å². The number of guanidine groups is 1. The SMILES string of the molecule is CC#Cc1ccc(-c2ccc(C(=O)[C@H]3CC[C@@H]([C@H](Cc4cc(O)cc(NC[C@H](C)O)c4)NC(N)=NC4CCCCC4)[C@H]4C=c5ccccc5=C[C@H]43)s2)s1. The number of rotatable bonds is 11. The Bertz CT molecular complexity index is 2130. The Balaban J connectivity index is 1.21. The van der Waals surface area contributed by atoms with E-state index in [4.69, 9.17) is 10.7 Å². The molecule has 2 saturated carbocycles. The van der Waals surface area contributed by atoms with Gasteiger partial charge in [0, 0.05) is 40.0 Å². The molecule has 0 radical (unpaired) electrons. The second-order valence-corrected chi connectivity index (χ2v) is 17.1. The number of nitrogens with one attached hydrogen (secondary N) is 2. The lowest BCUT2D eigenvalue weighted by molar-refractivity contribution is 0.0768. The number of phenols is 1. The Hall–Kier alpha value is -4.36. The monoisotopic (exact) mass is 746 g/mol. The highest BCUT2D eigenvalue weighted by Crippen LogP contribution is 2.46. The van der Waals surface area contributed by atoms with E-state index in [1.54, 1.807) is 35.7 Å². The molecular weight excluding hydrogens is 697 g/mol. The summed E-state index contributed by atoms with van der Waals surface area (Å²) in [7, 11) is 0. The summed E-state index contributed by atoms with van der Waals surface area (Å²) in [4.78, 5) is 23.6. The Labute approximate surface area is 320 Å². The normalized spacial score (nSPS) is 22.5. The third-order valence-corrected chi connectivity index (χ3v) is 13.3. The van der Waals surface area contributed by atoms with Gasteiger partial charge in [0.15, 0.2) is 11.7 Å². The number of ketones is 1. The number of aliphatic hydroxyl groups is 1. The fourth-order valence-corrected chi connectivity index (χ4v) is 10.6. The highest BCUT2D eigenvalue weighted by atomic mass is 32.1. The van der Waals surface area contributed by atoms with Crippen LogP contribution in [0.3, 0.4) is 0 Å². The van der Waals surface area contributed by atoms with Gasteiger partial charge in [-0.1, -0.05) is 61.6 Å². The number of carbonyl (C=O) groups excluding carboxylic acids is 1. The van der Waals surface area contributed by atoms with Crippen LogP contribution in [0.5, 0.6) is 5.75 Å². The van der Waals surface area contributed by atoms with Gasteiger partial charge in [0.1, 0.15) is 5.75 Å². The van der Waals surface area contributed by atoms with Crippen molar-refractivity contribution in [3.8, 4) is 27.3 Å². The first-order valence-electron chi connectivity index (χ1n) is 19.0. The zero-order valence-corrected chi connectivity index (χ0v) is 32.2. The van der Waals surface area contributed by atoms with Crippen LogP contribution in [0.2, 0.25) is 0 Å². The first-order valence-corrected chi connectivity index (χ1v) is 20.7. The molecule has 6 N–H and O–H groups in total. The third-order valence-electron chi connectivity index (χ3n) is 11.0. The Morgan fingerprint density at radius 2 is 1.68 bits per heavy atom. The summed E-state index contributed by atoms with van der Waals surface area (Å²) < 4.78 is 0. The quantitative estimate of drug-likeness (QED) is 0.0493. The summed E-state index contributed by atoms with van der Waals surface area (Å²) in [6.45, 7) is 3.96. The Kier molecular flexibility index (Phi) is 11.7. The molecule has 9 heteroatoms. The Morgan fingerprint density at radius 1 is 0.943 bits per heavy atom.